The van der Waals surface area contributed by atoms with Crippen LogP contribution in [0.5, 0.6) is 0 Å². The fraction of sp³-hybridized carbons (Fsp3) is 0.967. The number of carbonyl (C=O) groups excluding carboxylic acids is 1. The summed E-state index contributed by atoms with van der Waals surface area (Å²) in [4.78, 5) is 12.4. The predicted octanol–water partition coefficient (Wildman–Crippen LogP) is 0.624. The predicted molar refractivity (Wildman–Crippen MR) is 156 cm³/mol. The first kappa shape index (κ1) is 39.1. The smallest absolute Gasteiger partial charge is 0.251 e. The zero-order chi connectivity index (χ0) is 31.3. The zero-order valence-electron chi connectivity index (χ0n) is 25.4. The van der Waals surface area contributed by atoms with Gasteiger partial charge in [0, 0.05) is 6.54 Å². The minimum atomic E-state index is -2.04. The summed E-state index contributed by atoms with van der Waals surface area (Å²) in [6.45, 7) is 0.866. The van der Waals surface area contributed by atoms with Gasteiger partial charge >= 0.3 is 0 Å². The second kappa shape index (κ2) is 23.5. The largest absolute Gasteiger partial charge is 0.394 e. The van der Waals surface area contributed by atoms with Gasteiger partial charge in [-0.05, 0) is 6.42 Å². The molecule has 0 aliphatic carbocycles. The van der Waals surface area contributed by atoms with Gasteiger partial charge in [-0.15, -0.1) is 0 Å². The van der Waals surface area contributed by atoms with E-state index in [1.807, 2.05) is 0 Å². The van der Waals surface area contributed by atoms with Crippen molar-refractivity contribution in [3.8, 4) is 0 Å². The normalized spacial score (nSPS) is 25.6. The highest BCUT2D eigenvalue weighted by atomic mass is 16.7. The molecule has 0 aromatic carbocycles. The summed E-state index contributed by atoms with van der Waals surface area (Å²) in [7, 11) is 0. The summed E-state index contributed by atoms with van der Waals surface area (Å²) in [5, 5.41) is 82.2. The lowest BCUT2D eigenvalue weighted by Gasteiger charge is -2.42. The van der Waals surface area contributed by atoms with Gasteiger partial charge in [-0.2, -0.15) is 0 Å². The summed E-state index contributed by atoms with van der Waals surface area (Å²) in [5.41, 5.74) is 0. The van der Waals surface area contributed by atoms with Crippen LogP contribution in [0, 0.1) is 0 Å². The topological polar surface area (TPSA) is 209 Å². The Morgan fingerprint density at radius 2 is 1.21 bits per heavy atom. The fourth-order valence-electron chi connectivity index (χ4n) is 5.16. The maximum Gasteiger partial charge on any atom is 0.251 e. The number of hydrogen-bond acceptors (Lipinski definition) is 11. The van der Waals surface area contributed by atoms with E-state index in [2.05, 4.69) is 12.2 Å². The standard InChI is InChI=1S/C30H59NO11/c1-2-3-4-5-6-7-8-9-10-11-12-13-14-15-16-17-18-31-29(40)26(38)25(37)28(21(34)19-32)42-30-27(39)24(36)23(35)22(20-33)41-30/h21-28,30,32-39H,2-20H2,1H3,(H,31,40)/t21-,22?,23+,24+,25-,26-,27?,28-,30+/m1/s1. The molecule has 0 spiro atoms. The molecule has 12 nitrogen and oxygen atoms in total. The van der Waals surface area contributed by atoms with E-state index >= 15 is 0 Å². The Bertz CT molecular complexity index is 671. The van der Waals surface area contributed by atoms with Crippen LogP contribution in [0.4, 0.5) is 0 Å². The number of rotatable bonds is 25. The van der Waals surface area contributed by atoms with E-state index in [9.17, 15) is 45.6 Å². The molecule has 250 valence electrons. The van der Waals surface area contributed by atoms with E-state index in [-0.39, 0.29) is 6.54 Å². The lowest BCUT2D eigenvalue weighted by molar-refractivity contribution is -0.326. The highest BCUT2D eigenvalue weighted by molar-refractivity contribution is 5.81. The van der Waals surface area contributed by atoms with Crippen molar-refractivity contribution in [2.45, 2.75) is 165 Å². The number of hydrogen-bond donors (Lipinski definition) is 9. The van der Waals surface area contributed by atoms with Gasteiger partial charge in [-0.3, -0.25) is 4.79 Å². The third-order valence-electron chi connectivity index (χ3n) is 7.96. The first-order chi connectivity index (χ1) is 20.2. The quantitative estimate of drug-likeness (QED) is 0.0655. The lowest BCUT2D eigenvalue weighted by Crippen LogP contribution is -2.62. The molecule has 12 heteroatoms. The minimum absolute atomic E-state index is 0.280. The summed E-state index contributed by atoms with van der Waals surface area (Å²) in [6, 6.07) is 0. The average Bonchev–Trinajstić information content (AvgIpc) is 2.99. The van der Waals surface area contributed by atoms with Crippen LogP contribution >= 0.6 is 0 Å². The van der Waals surface area contributed by atoms with Gasteiger partial charge in [0.15, 0.2) is 12.4 Å². The van der Waals surface area contributed by atoms with Gasteiger partial charge in [0.05, 0.1) is 13.2 Å². The highest BCUT2D eigenvalue weighted by Gasteiger charge is 2.47. The third-order valence-corrected chi connectivity index (χ3v) is 7.96. The lowest BCUT2D eigenvalue weighted by atomic mass is 9.98. The Hall–Kier alpha value is -0.930. The Kier molecular flexibility index (Phi) is 21.8. The average molecular weight is 610 g/mol. The second-order valence-electron chi connectivity index (χ2n) is 11.6. The van der Waals surface area contributed by atoms with Crippen LogP contribution in [-0.2, 0) is 14.3 Å². The third kappa shape index (κ3) is 14.7. The Labute approximate surface area is 251 Å². The van der Waals surface area contributed by atoms with Gasteiger partial charge in [0.25, 0.3) is 5.91 Å². The molecule has 1 aliphatic rings. The van der Waals surface area contributed by atoms with Crippen molar-refractivity contribution in [1.29, 1.82) is 0 Å². The van der Waals surface area contributed by atoms with Crippen LogP contribution in [0.2, 0.25) is 0 Å². The fourth-order valence-corrected chi connectivity index (χ4v) is 5.16. The first-order valence-corrected chi connectivity index (χ1v) is 16.1. The molecule has 0 radical (unpaired) electrons. The summed E-state index contributed by atoms with van der Waals surface area (Å²) < 4.78 is 10.5. The van der Waals surface area contributed by atoms with Crippen molar-refractivity contribution >= 4 is 5.91 Å². The maximum absolute atomic E-state index is 12.4. The molecule has 2 unspecified atom stereocenters. The molecule has 42 heavy (non-hydrogen) atoms. The Balaban J connectivity index is 2.25. The first-order valence-electron chi connectivity index (χ1n) is 16.1. The van der Waals surface area contributed by atoms with Gasteiger partial charge in [0.2, 0.25) is 0 Å². The van der Waals surface area contributed by atoms with Crippen LogP contribution in [0.25, 0.3) is 0 Å². The van der Waals surface area contributed by atoms with Gasteiger partial charge < -0.3 is 55.6 Å². The zero-order valence-corrected chi connectivity index (χ0v) is 25.4. The number of carbonyl (C=O) groups is 1. The molecular weight excluding hydrogens is 550 g/mol. The molecule has 0 aromatic heterocycles. The number of amides is 1. The van der Waals surface area contributed by atoms with Crippen molar-refractivity contribution in [3.05, 3.63) is 0 Å². The molecule has 9 atom stereocenters. The van der Waals surface area contributed by atoms with E-state index in [1.54, 1.807) is 0 Å². The monoisotopic (exact) mass is 609 g/mol. The molecule has 1 saturated heterocycles. The van der Waals surface area contributed by atoms with Crippen molar-refractivity contribution in [3.63, 3.8) is 0 Å². The molecule has 0 aromatic rings. The number of nitrogens with one attached hydrogen (secondary N) is 1. The minimum Gasteiger partial charge on any atom is -0.394 e. The number of ether oxygens (including phenoxy) is 2. The van der Waals surface area contributed by atoms with E-state index in [4.69, 9.17) is 9.47 Å². The molecule has 1 aliphatic heterocycles. The van der Waals surface area contributed by atoms with E-state index < -0.39 is 74.2 Å². The molecule has 1 rings (SSSR count). The van der Waals surface area contributed by atoms with Crippen molar-refractivity contribution < 1.29 is 55.1 Å². The summed E-state index contributed by atoms with van der Waals surface area (Å²) >= 11 is 0. The van der Waals surface area contributed by atoms with Crippen molar-refractivity contribution in [2.24, 2.45) is 0 Å². The summed E-state index contributed by atoms with van der Waals surface area (Å²) in [5.74, 6) is -0.906. The van der Waals surface area contributed by atoms with Gasteiger partial charge in [-0.1, -0.05) is 103 Å². The van der Waals surface area contributed by atoms with Crippen LogP contribution in [0.15, 0.2) is 0 Å². The van der Waals surface area contributed by atoms with Crippen LogP contribution < -0.4 is 5.32 Å². The van der Waals surface area contributed by atoms with Crippen molar-refractivity contribution in [2.75, 3.05) is 19.8 Å². The van der Waals surface area contributed by atoms with Crippen LogP contribution in [0.1, 0.15) is 110 Å². The van der Waals surface area contributed by atoms with Crippen molar-refractivity contribution in [1.82, 2.24) is 5.32 Å². The SMILES string of the molecule is CCCCCCCCCCCCCCCCCCNC(=O)[C@H](O)[C@@H](O)[C@H](O[C@@H]1OC(CO)[C@H](O)[C@H](O)C1O)[C@H](O)CO. The number of aliphatic hydroxyl groups excluding tert-OH is 8. The number of unbranched alkanes of at least 4 members (excludes halogenated alkanes) is 15. The van der Waals surface area contributed by atoms with Crippen LogP contribution in [-0.4, -0.2) is 122 Å². The molecule has 0 saturated carbocycles. The molecule has 0 bridgehead atoms. The molecule has 1 fully saturated rings. The highest BCUT2D eigenvalue weighted by Crippen LogP contribution is 2.25. The molecule has 9 N–H and O–H groups in total. The Morgan fingerprint density at radius 1 is 0.738 bits per heavy atom. The number of aliphatic hydroxyl groups is 8. The van der Waals surface area contributed by atoms with Gasteiger partial charge in [0.1, 0.15) is 42.7 Å². The molecular formula is C30H59NO11. The van der Waals surface area contributed by atoms with E-state index in [1.165, 1.54) is 77.0 Å². The maximum atomic E-state index is 12.4. The molecule has 1 heterocycles. The Morgan fingerprint density at radius 3 is 1.67 bits per heavy atom. The molecule has 1 amide bonds. The van der Waals surface area contributed by atoms with E-state index in [0.29, 0.717) is 6.42 Å². The van der Waals surface area contributed by atoms with Crippen LogP contribution in [0.3, 0.4) is 0 Å². The second-order valence-corrected chi connectivity index (χ2v) is 11.6. The summed E-state index contributed by atoms with van der Waals surface area (Å²) in [6.07, 6.45) is 3.54. The van der Waals surface area contributed by atoms with Gasteiger partial charge in [-0.25, -0.2) is 0 Å². The van der Waals surface area contributed by atoms with E-state index in [0.717, 1.165) is 19.3 Å².